The second kappa shape index (κ2) is 4.49. The third-order valence-electron chi connectivity index (χ3n) is 2.90. The van der Waals surface area contributed by atoms with Crippen molar-refractivity contribution in [1.29, 1.82) is 0 Å². The lowest BCUT2D eigenvalue weighted by molar-refractivity contribution is 0.0876. The molecule has 1 aliphatic rings. The van der Waals surface area contributed by atoms with Crippen LogP contribution in [0.15, 0.2) is 18.6 Å². The number of rotatable bonds is 2. The zero-order chi connectivity index (χ0) is 10.7. The first-order valence-electron chi connectivity index (χ1n) is 5.33. The number of Topliss-reactive ketones (excluding diaryl/α,β-unsaturated/α-hetero) is 1. The summed E-state index contributed by atoms with van der Waals surface area (Å²) in [5, 5.41) is 0. The molecule has 1 aromatic rings. The van der Waals surface area contributed by atoms with Crippen molar-refractivity contribution >= 4 is 5.78 Å². The van der Waals surface area contributed by atoms with Crippen molar-refractivity contribution in [3.8, 4) is 0 Å². The van der Waals surface area contributed by atoms with Crippen molar-refractivity contribution in [1.82, 2.24) is 9.97 Å². The maximum absolute atomic E-state index is 12.0. The van der Waals surface area contributed by atoms with Crippen molar-refractivity contribution in [2.75, 3.05) is 0 Å². The van der Waals surface area contributed by atoms with Gasteiger partial charge in [0.1, 0.15) is 5.69 Å². The SMILES string of the molecule is NC1CCCC(C(=O)c2cnccn2)C1. The fraction of sp³-hybridized carbons (Fsp3) is 0.545. The number of nitrogens with two attached hydrogens (primary N) is 1. The molecule has 0 radical (unpaired) electrons. The quantitative estimate of drug-likeness (QED) is 0.736. The average Bonchev–Trinajstić information content (AvgIpc) is 2.29. The summed E-state index contributed by atoms with van der Waals surface area (Å²) in [6.45, 7) is 0. The molecular formula is C11H15N3O. The number of carbonyl (C=O) groups excluding carboxylic acids is 1. The van der Waals surface area contributed by atoms with E-state index in [-0.39, 0.29) is 17.7 Å². The molecule has 2 rings (SSSR count). The Morgan fingerprint density at radius 3 is 2.93 bits per heavy atom. The lowest BCUT2D eigenvalue weighted by Crippen LogP contribution is -2.31. The van der Waals surface area contributed by atoms with E-state index in [1.165, 1.54) is 6.20 Å². The first-order chi connectivity index (χ1) is 7.27. The highest BCUT2D eigenvalue weighted by atomic mass is 16.1. The van der Waals surface area contributed by atoms with E-state index in [4.69, 9.17) is 5.73 Å². The third kappa shape index (κ3) is 2.39. The Morgan fingerprint density at radius 2 is 2.27 bits per heavy atom. The smallest absolute Gasteiger partial charge is 0.185 e. The van der Waals surface area contributed by atoms with Crippen LogP contribution in [0.3, 0.4) is 0 Å². The Kier molecular flexibility index (Phi) is 3.06. The monoisotopic (exact) mass is 205 g/mol. The summed E-state index contributed by atoms with van der Waals surface area (Å²) in [5.41, 5.74) is 6.32. The van der Waals surface area contributed by atoms with Gasteiger partial charge in [-0.1, -0.05) is 6.42 Å². The maximum atomic E-state index is 12.0. The van der Waals surface area contributed by atoms with Crippen LogP contribution in [-0.4, -0.2) is 21.8 Å². The van der Waals surface area contributed by atoms with Gasteiger partial charge in [0, 0.05) is 24.4 Å². The fourth-order valence-corrected chi connectivity index (χ4v) is 2.10. The topological polar surface area (TPSA) is 68.9 Å². The van der Waals surface area contributed by atoms with E-state index in [1.54, 1.807) is 12.4 Å². The van der Waals surface area contributed by atoms with Crippen LogP contribution in [0.2, 0.25) is 0 Å². The number of carbonyl (C=O) groups is 1. The van der Waals surface area contributed by atoms with Crippen molar-refractivity contribution in [2.45, 2.75) is 31.7 Å². The molecule has 4 heteroatoms. The highest BCUT2D eigenvalue weighted by Crippen LogP contribution is 2.25. The second-order valence-corrected chi connectivity index (χ2v) is 4.08. The Hall–Kier alpha value is -1.29. The fourth-order valence-electron chi connectivity index (χ4n) is 2.10. The summed E-state index contributed by atoms with van der Waals surface area (Å²) in [5.74, 6) is 0.142. The van der Waals surface area contributed by atoms with Crippen LogP contribution in [0.5, 0.6) is 0 Å². The molecule has 0 aromatic carbocycles. The van der Waals surface area contributed by atoms with E-state index in [9.17, 15) is 4.79 Å². The molecule has 0 spiro atoms. The molecule has 2 atom stereocenters. The molecule has 0 aliphatic heterocycles. The van der Waals surface area contributed by atoms with Gasteiger partial charge in [0.15, 0.2) is 5.78 Å². The molecular weight excluding hydrogens is 190 g/mol. The van der Waals surface area contributed by atoms with E-state index >= 15 is 0 Å². The van der Waals surface area contributed by atoms with Crippen molar-refractivity contribution in [2.24, 2.45) is 11.7 Å². The molecule has 2 unspecified atom stereocenters. The first-order valence-corrected chi connectivity index (χ1v) is 5.33. The van der Waals surface area contributed by atoms with Crippen molar-refractivity contribution in [3.05, 3.63) is 24.3 Å². The van der Waals surface area contributed by atoms with Crippen LogP contribution in [0.1, 0.15) is 36.2 Å². The predicted octanol–water partition coefficient (Wildman–Crippen LogP) is 1.18. The Labute approximate surface area is 88.9 Å². The van der Waals surface area contributed by atoms with Gasteiger partial charge in [-0.3, -0.25) is 9.78 Å². The van der Waals surface area contributed by atoms with E-state index in [0.29, 0.717) is 5.69 Å². The number of ketones is 1. The number of hydrogen-bond acceptors (Lipinski definition) is 4. The van der Waals surface area contributed by atoms with Crippen molar-refractivity contribution < 1.29 is 4.79 Å². The summed E-state index contributed by atoms with van der Waals surface area (Å²) >= 11 is 0. The van der Waals surface area contributed by atoms with Gasteiger partial charge >= 0.3 is 0 Å². The van der Waals surface area contributed by atoms with Crippen LogP contribution in [0, 0.1) is 5.92 Å². The molecule has 1 aliphatic carbocycles. The zero-order valence-electron chi connectivity index (χ0n) is 8.60. The summed E-state index contributed by atoms with van der Waals surface area (Å²) in [6.07, 6.45) is 8.45. The first kappa shape index (κ1) is 10.2. The maximum Gasteiger partial charge on any atom is 0.185 e. The van der Waals surface area contributed by atoms with Gasteiger partial charge in [0.2, 0.25) is 0 Å². The summed E-state index contributed by atoms with van der Waals surface area (Å²) in [4.78, 5) is 19.9. The predicted molar refractivity (Wildman–Crippen MR) is 56.3 cm³/mol. The molecule has 1 aromatic heterocycles. The number of aromatic nitrogens is 2. The molecule has 0 saturated heterocycles. The molecule has 1 heterocycles. The molecule has 0 amide bonds. The minimum Gasteiger partial charge on any atom is -0.328 e. The third-order valence-corrected chi connectivity index (χ3v) is 2.90. The van der Waals surface area contributed by atoms with E-state index in [0.717, 1.165) is 25.7 Å². The van der Waals surface area contributed by atoms with Gasteiger partial charge in [0.25, 0.3) is 0 Å². The molecule has 80 valence electrons. The zero-order valence-corrected chi connectivity index (χ0v) is 8.60. The van der Waals surface area contributed by atoms with Crippen LogP contribution in [-0.2, 0) is 0 Å². The molecule has 4 nitrogen and oxygen atoms in total. The van der Waals surface area contributed by atoms with Gasteiger partial charge in [0.05, 0.1) is 6.20 Å². The molecule has 2 N–H and O–H groups in total. The van der Waals surface area contributed by atoms with Gasteiger partial charge in [-0.25, -0.2) is 4.98 Å². The summed E-state index contributed by atoms with van der Waals surface area (Å²) < 4.78 is 0. The molecule has 1 saturated carbocycles. The lowest BCUT2D eigenvalue weighted by Gasteiger charge is -2.24. The molecule has 1 fully saturated rings. The highest BCUT2D eigenvalue weighted by molar-refractivity contribution is 5.95. The Bertz CT molecular complexity index is 339. The lowest BCUT2D eigenvalue weighted by atomic mass is 9.83. The molecule has 15 heavy (non-hydrogen) atoms. The number of nitrogens with zero attached hydrogens (tertiary/aromatic N) is 2. The Morgan fingerprint density at radius 1 is 1.40 bits per heavy atom. The van der Waals surface area contributed by atoms with Crippen LogP contribution in [0.4, 0.5) is 0 Å². The standard InChI is InChI=1S/C11H15N3O/c12-9-3-1-2-8(6-9)11(15)10-7-13-4-5-14-10/h4-5,7-9H,1-3,6,12H2. The normalized spacial score (nSPS) is 26.2. The van der Waals surface area contributed by atoms with E-state index in [1.807, 2.05) is 0 Å². The summed E-state index contributed by atoms with van der Waals surface area (Å²) in [7, 11) is 0. The minimum atomic E-state index is 0.0467. The average molecular weight is 205 g/mol. The minimum absolute atomic E-state index is 0.0467. The second-order valence-electron chi connectivity index (χ2n) is 4.08. The Balaban J connectivity index is 2.08. The van der Waals surface area contributed by atoms with Crippen LogP contribution < -0.4 is 5.73 Å². The van der Waals surface area contributed by atoms with Gasteiger partial charge in [-0.2, -0.15) is 0 Å². The van der Waals surface area contributed by atoms with Gasteiger partial charge in [-0.15, -0.1) is 0 Å². The van der Waals surface area contributed by atoms with Crippen LogP contribution in [0.25, 0.3) is 0 Å². The largest absolute Gasteiger partial charge is 0.328 e. The number of hydrogen-bond donors (Lipinski definition) is 1. The molecule has 0 bridgehead atoms. The van der Waals surface area contributed by atoms with Gasteiger partial charge in [-0.05, 0) is 19.3 Å². The van der Waals surface area contributed by atoms with E-state index < -0.39 is 0 Å². The summed E-state index contributed by atoms with van der Waals surface area (Å²) in [6, 6.07) is 0.171. The van der Waals surface area contributed by atoms with Crippen molar-refractivity contribution in [3.63, 3.8) is 0 Å². The van der Waals surface area contributed by atoms with Crippen LogP contribution >= 0.6 is 0 Å². The van der Waals surface area contributed by atoms with Gasteiger partial charge < -0.3 is 5.73 Å². The van der Waals surface area contributed by atoms with E-state index in [2.05, 4.69) is 9.97 Å². The highest BCUT2D eigenvalue weighted by Gasteiger charge is 2.26.